The van der Waals surface area contributed by atoms with Gasteiger partial charge in [0.15, 0.2) is 0 Å². The number of amides is 1. The van der Waals surface area contributed by atoms with Crippen molar-refractivity contribution in [1.82, 2.24) is 4.98 Å². The lowest BCUT2D eigenvalue weighted by molar-refractivity contribution is -0.0102. The SMILES string of the molecule is CSc1cccc(NC(=O)c2c(N3CCCC(F)(F)CC3)ncc(-c3cccc(F)c3)c2C)c1. The number of rotatable bonds is 5. The van der Waals surface area contributed by atoms with Crippen molar-refractivity contribution in [2.45, 2.75) is 37.0 Å². The maximum absolute atomic E-state index is 14.0. The summed E-state index contributed by atoms with van der Waals surface area (Å²) in [6.45, 7) is 2.26. The molecular formula is C26H26F3N3OS. The van der Waals surface area contributed by atoms with E-state index in [1.807, 2.05) is 24.5 Å². The second-order valence-corrected chi connectivity index (χ2v) is 9.27. The van der Waals surface area contributed by atoms with Gasteiger partial charge in [0.25, 0.3) is 5.91 Å². The first kappa shape index (κ1) is 24.1. The van der Waals surface area contributed by atoms with Gasteiger partial charge < -0.3 is 10.2 Å². The summed E-state index contributed by atoms with van der Waals surface area (Å²) in [7, 11) is 0. The maximum Gasteiger partial charge on any atom is 0.259 e. The van der Waals surface area contributed by atoms with E-state index in [9.17, 15) is 18.0 Å². The van der Waals surface area contributed by atoms with Crippen molar-refractivity contribution in [3.63, 3.8) is 0 Å². The zero-order valence-corrected chi connectivity index (χ0v) is 19.9. The molecular weight excluding hydrogens is 459 g/mol. The Balaban J connectivity index is 1.78. The molecule has 1 saturated heterocycles. The summed E-state index contributed by atoms with van der Waals surface area (Å²) in [5.41, 5.74) is 2.76. The van der Waals surface area contributed by atoms with Gasteiger partial charge in [-0.15, -0.1) is 11.8 Å². The summed E-state index contributed by atoms with van der Waals surface area (Å²) >= 11 is 1.56. The molecule has 2 heterocycles. The lowest BCUT2D eigenvalue weighted by atomic mass is 9.97. The molecule has 34 heavy (non-hydrogen) atoms. The van der Waals surface area contributed by atoms with Gasteiger partial charge >= 0.3 is 0 Å². The standard InChI is InChI=1S/C26H26F3N3OS/c1-17-22(18-6-3-7-19(27)14-18)16-30-24(32-12-5-10-26(28,29)11-13-32)23(17)25(33)31-20-8-4-9-21(15-20)34-2/h3-4,6-9,14-16H,5,10-13H2,1-2H3,(H,31,33). The number of nitrogens with one attached hydrogen (secondary N) is 1. The van der Waals surface area contributed by atoms with Crippen molar-refractivity contribution in [2.24, 2.45) is 0 Å². The van der Waals surface area contributed by atoms with E-state index in [1.54, 1.807) is 48.0 Å². The van der Waals surface area contributed by atoms with Crippen molar-refractivity contribution in [3.8, 4) is 11.1 Å². The number of pyridine rings is 1. The summed E-state index contributed by atoms with van der Waals surface area (Å²) in [4.78, 5) is 20.9. The highest BCUT2D eigenvalue weighted by atomic mass is 32.2. The molecule has 1 aliphatic heterocycles. The van der Waals surface area contributed by atoms with Crippen LogP contribution in [0.2, 0.25) is 0 Å². The normalized spacial score (nSPS) is 15.6. The number of hydrogen-bond acceptors (Lipinski definition) is 4. The van der Waals surface area contributed by atoms with E-state index in [4.69, 9.17) is 0 Å². The van der Waals surface area contributed by atoms with Crippen LogP contribution in [0.5, 0.6) is 0 Å². The minimum absolute atomic E-state index is 0.0982. The average molecular weight is 486 g/mol. The van der Waals surface area contributed by atoms with Crippen molar-refractivity contribution < 1.29 is 18.0 Å². The molecule has 1 aliphatic rings. The Hall–Kier alpha value is -3.00. The third-order valence-electron chi connectivity index (χ3n) is 6.03. The van der Waals surface area contributed by atoms with E-state index in [2.05, 4.69) is 10.3 Å². The molecule has 1 amide bonds. The highest BCUT2D eigenvalue weighted by Crippen LogP contribution is 2.35. The fourth-order valence-electron chi connectivity index (χ4n) is 4.22. The van der Waals surface area contributed by atoms with Gasteiger partial charge in [0, 0.05) is 48.3 Å². The first-order valence-electron chi connectivity index (χ1n) is 11.1. The molecule has 0 saturated carbocycles. The van der Waals surface area contributed by atoms with E-state index >= 15 is 0 Å². The molecule has 0 unspecified atom stereocenters. The lowest BCUT2D eigenvalue weighted by Gasteiger charge is -2.26. The fourth-order valence-corrected chi connectivity index (χ4v) is 4.68. The van der Waals surface area contributed by atoms with Crippen LogP contribution < -0.4 is 10.2 Å². The van der Waals surface area contributed by atoms with Crippen molar-refractivity contribution >= 4 is 29.2 Å². The molecule has 2 aromatic carbocycles. The molecule has 3 aromatic rings. The summed E-state index contributed by atoms with van der Waals surface area (Å²) in [5, 5.41) is 2.93. The first-order chi connectivity index (χ1) is 16.3. The number of alkyl halides is 2. The quantitative estimate of drug-likeness (QED) is 0.404. The summed E-state index contributed by atoms with van der Waals surface area (Å²) in [6, 6.07) is 13.6. The van der Waals surface area contributed by atoms with Gasteiger partial charge in [-0.2, -0.15) is 0 Å². The number of halogens is 3. The number of carbonyl (C=O) groups is 1. The van der Waals surface area contributed by atoms with Crippen molar-refractivity contribution in [3.05, 3.63) is 71.7 Å². The molecule has 0 aliphatic carbocycles. The molecule has 0 radical (unpaired) electrons. The van der Waals surface area contributed by atoms with E-state index in [1.165, 1.54) is 12.1 Å². The Morgan fingerprint density at radius 1 is 1.12 bits per heavy atom. The fraction of sp³-hybridized carbons (Fsp3) is 0.308. The molecule has 8 heteroatoms. The Bertz CT molecular complexity index is 1200. The Morgan fingerprint density at radius 2 is 1.91 bits per heavy atom. The molecule has 4 rings (SSSR count). The third kappa shape index (κ3) is 5.38. The Kier molecular flexibility index (Phi) is 7.16. The van der Waals surface area contributed by atoms with Gasteiger partial charge in [-0.05, 0) is 61.1 Å². The molecule has 0 atom stereocenters. The Morgan fingerprint density at radius 3 is 2.68 bits per heavy atom. The number of nitrogens with zero attached hydrogens (tertiary/aromatic N) is 2. The van der Waals surface area contributed by atoms with Crippen LogP contribution in [-0.2, 0) is 0 Å². The second-order valence-electron chi connectivity index (χ2n) is 8.39. The minimum Gasteiger partial charge on any atom is -0.356 e. The van der Waals surface area contributed by atoms with E-state index in [0.717, 1.165) is 4.90 Å². The third-order valence-corrected chi connectivity index (χ3v) is 6.75. The van der Waals surface area contributed by atoms with Crippen molar-refractivity contribution in [1.29, 1.82) is 0 Å². The summed E-state index contributed by atoms with van der Waals surface area (Å²) < 4.78 is 41.9. The number of thioether (sulfide) groups is 1. The lowest BCUT2D eigenvalue weighted by Crippen LogP contribution is -2.30. The van der Waals surface area contributed by atoms with E-state index < -0.39 is 11.7 Å². The number of carbonyl (C=O) groups excluding carboxylic acids is 1. The van der Waals surface area contributed by atoms with Gasteiger partial charge in [-0.1, -0.05) is 18.2 Å². The first-order valence-corrected chi connectivity index (χ1v) is 12.3. The Labute approximate surface area is 201 Å². The van der Waals surface area contributed by atoms with Crippen LogP contribution >= 0.6 is 11.8 Å². The summed E-state index contributed by atoms with van der Waals surface area (Å²) in [6.07, 6.45) is 3.36. The molecule has 1 fully saturated rings. The second kappa shape index (κ2) is 10.1. The summed E-state index contributed by atoms with van der Waals surface area (Å²) in [5.74, 6) is -3.14. The highest BCUT2D eigenvalue weighted by molar-refractivity contribution is 7.98. The van der Waals surface area contributed by atoms with Crippen LogP contribution in [-0.4, -0.2) is 36.2 Å². The smallest absolute Gasteiger partial charge is 0.259 e. The van der Waals surface area contributed by atoms with Gasteiger partial charge in [-0.25, -0.2) is 18.2 Å². The maximum atomic E-state index is 14.0. The van der Waals surface area contributed by atoms with E-state index in [-0.39, 0.29) is 25.3 Å². The molecule has 1 N–H and O–H groups in total. The van der Waals surface area contributed by atoms with Crippen LogP contribution in [0.25, 0.3) is 11.1 Å². The zero-order valence-electron chi connectivity index (χ0n) is 19.1. The van der Waals surface area contributed by atoms with Crippen LogP contribution in [0.4, 0.5) is 24.7 Å². The van der Waals surface area contributed by atoms with Gasteiger partial charge in [0.1, 0.15) is 11.6 Å². The minimum atomic E-state index is -2.73. The largest absolute Gasteiger partial charge is 0.356 e. The zero-order chi connectivity index (χ0) is 24.3. The van der Waals surface area contributed by atoms with Crippen LogP contribution in [0, 0.1) is 12.7 Å². The van der Waals surface area contributed by atoms with Gasteiger partial charge in [-0.3, -0.25) is 4.79 Å². The predicted octanol–water partition coefficient (Wildman–Crippen LogP) is 6.80. The number of hydrogen-bond donors (Lipinski definition) is 1. The number of anilines is 2. The monoisotopic (exact) mass is 485 g/mol. The van der Waals surface area contributed by atoms with Gasteiger partial charge in [0.05, 0.1) is 5.56 Å². The molecule has 4 nitrogen and oxygen atoms in total. The van der Waals surface area contributed by atoms with Crippen LogP contribution in [0.3, 0.4) is 0 Å². The van der Waals surface area contributed by atoms with Crippen LogP contribution in [0.15, 0.2) is 59.6 Å². The number of benzene rings is 2. The molecule has 1 aromatic heterocycles. The van der Waals surface area contributed by atoms with E-state index in [0.29, 0.717) is 46.7 Å². The molecule has 178 valence electrons. The highest BCUT2D eigenvalue weighted by Gasteiger charge is 2.33. The number of aromatic nitrogens is 1. The average Bonchev–Trinajstić information content (AvgIpc) is 2.99. The van der Waals surface area contributed by atoms with Crippen molar-refractivity contribution in [2.75, 3.05) is 29.6 Å². The molecule has 0 spiro atoms. The van der Waals surface area contributed by atoms with Crippen LogP contribution in [0.1, 0.15) is 35.2 Å². The molecule has 0 bridgehead atoms. The predicted molar refractivity (Wildman–Crippen MR) is 132 cm³/mol. The van der Waals surface area contributed by atoms with Gasteiger partial charge in [0.2, 0.25) is 5.92 Å². The topological polar surface area (TPSA) is 45.2 Å².